The minimum Gasteiger partial charge on any atom is -0.446 e. The summed E-state index contributed by atoms with van der Waals surface area (Å²) in [5, 5.41) is 0.537. The van der Waals surface area contributed by atoms with Crippen molar-refractivity contribution >= 4 is 29.1 Å². The molecule has 3 amide bonds. The van der Waals surface area contributed by atoms with Crippen LogP contribution in [0.5, 0.6) is 5.75 Å². The first kappa shape index (κ1) is 27.3. The number of amides is 3. The van der Waals surface area contributed by atoms with Gasteiger partial charge in [-0.2, -0.15) is 5.43 Å². The van der Waals surface area contributed by atoms with Crippen molar-refractivity contribution in [3.8, 4) is 5.75 Å². The van der Waals surface area contributed by atoms with E-state index in [1.165, 1.54) is 11.0 Å². The molecule has 198 valence electrons. The van der Waals surface area contributed by atoms with Crippen LogP contribution in [0.3, 0.4) is 0 Å². The highest BCUT2D eigenvalue weighted by atomic mass is 16.8. The van der Waals surface area contributed by atoms with Gasteiger partial charge in [-0.25, -0.2) is 14.6 Å². The molecule has 0 saturated heterocycles. The zero-order valence-electron chi connectivity index (χ0n) is 22.1. The summed E-state index contributed by atoms with van der Waals surface area (Å²) in [6.07, 6.45) is -2.82. The summed E-state index contributed by atoms with van der Waals surface area (Å²) in [7, 11) is 3.27. The van der Waals surface area contributed by atoms with E-state index >= 15 is 0 Å². The van der Waals surface area contributed by atoms with Crippen LogP contribution in [0.25, 0.3) is 11.0 Å². The van der Waals surface area contributed by atoms with Crippen molar-refractivity contribution in [1.82, 2.24) is 25.0 Å². The minimum atomic E-state index is -0.978. The Balaban J connectivity index is 2.10. The van der Waals surface area contributed by atoms with Crippen molar-refractivity contribution in [2.45, 2.75) is 53.4 Å². The highest BCUT2D eigenvalue weighted by Gasteiger charge is 2.26. The number of carbonyl (C=O) groups is 3. The predicted octanol–water partition coefficient (Wildman–Crippen LogP) is 4.29. The Hall–Kier alpha value is -4.28. The number of aromatic nitrogens is 2. The molecule has 1 N–H and O–H groups in total. The lowest BCUT2D eigenvalue weighted by molar-refractivity contribution is -0.0883. The number of benzene rings is 2. The number of rotatable bonds is 7. The van der Waals surface area contributed by atoms with Crippen molar-refractivity contribution in [3.63, 3.8) is 0 Å². The van der Waals surface area contributed by atoms with Gasteiger partial charge in [0.15, 0.2) is 5.75 Å². The fourth-order valence-electron chi connectivity index (χ4n) is 3.50. The molecule has 0 aliphatic rings. The topological polar surface area (TPSA) is 115 Å². The lowest BCUT2D eigenvalue weighted by Gasteiger charge is -2.23. The molecule has 1 heterocycles. The molecule has 3 rings (SSSR count). The molecule has 0 unspecified atom stereocenters. The van der Waals surface area contributed by atoms with Crippen LogP contribution in [0.2, 0.25) is 0 Å². The average molecular weight is 512 g/mol. The molecule has 0 radical (unpaired) electrons. The molecule has 0 fully saturated rings. The Morgan fingerprint density at radius 1 is 1.00 bits per heavy atom. The summed E-state index contributed by atoms with van der Waals surface area (Å²) in [6, 6.07) is 13.0. The number of hydrogen-bond acceptors (Lipinski definition) is 7. The van der Waals surface area contributed by atoms with E-state index in [1.54, 1.807) is 47.9 Å². The van der Waals surface area contributed by atoms with E-state index < -0.39 is 24.4 Å². The summed E-state index contributed by atoms with van der Waals surface area (Å²) < 4.78 is 12.2. The van der Waals surface area contributed by atoms with Gasteiger partial charge in [-0.3, -0.25) is 4.79 Å². The number of carbonyl (C=O) groups excluding carboxylic acids is 3. The van der Waals surface area contributed by atoms with Gasteiger partial charge < -0.3 is 23.8 Å². The van der Waals surface area contributed by atoms with Crippen LogP contribution >= 0.6 is 0 Å². The molecule has 0 bridgehead atoms. The Morgan fingerprint density at radius 3 is 2.24 bits per heavy atom. The van der Waals surface area contributed by atoms with Crippen LogP contribution in [0.15, 0.2) is 42.5 Å². The summed E-state index contributed by atoms with van der Waals surface area (Å²) in [4.78, 5) is 49.9. The third-order valence-electron chi connectivity index (χ3n) is 5.07. The molecule has 11 heteroatoms. The first-order valence-electron chi connectivity index (χ1n) is 11.9. The maximum atomic E-state index is 12.9. The summed E-state index contributed by atoms with van der Waals surface area (Å²) in [5.41, 5.74) is 4.60. The highest BCUT2D eigenvalue weighted by Crippen LogP contribution is 2.30. The van der Waals surface area contributed by atoms with Gasteiger partial charge in [0.2, 0.25) is 0 Å². The molecule has 37 heavy (non-hydrogen) atoms. The average Bonchev–Trinajstić information content (AvgIpc) is 3.13. The number of hydrogen-bond donors (Lipinski definition) is 1. The SMILES string of the molecule is Cc1nc2c(ON(NC(=O)OC(C)C)C(=O)OC(C)C)cc(C(=O)N(C)C)cc2n1Cc1ccccc1. The smallest absolute Gasteiger partial charge is 0.446 e. The van der Waals surface area contributed by atoms with E-state index in [0.717, 1.165) is 5.56 Å². The molecule has 1 aromatic heterocycles. The maximum Gasteiger partial charge on any atom is 0.464 e. The van der Waals surface area contributed by atoms with Gasteiger partial charge in [0.1, 0.15) is 11.3 Å². The van der Waals surface area contributed by atoms with Crippen LogP contribution in [0, 0.1) is 6.92 Å². The Labute approximate surface area is 215 Å². The zero-order valence-corrected chi connectivity index (χ0v) is 22.1. The quantitative estimate of drug-likeness (QED) is 0.471. The van der Waals surface area contributed by atoms with Crippen LogP contribution < -0.4 is 10.3 Å². The number of imidazole rings is 1. The number of hydrazine groups is 1. The number of nitrogens with zero attached hydrogens (tertiary/aromatic N) is 4. The first-order valence-corrected chi connectivity index (χ1v) is 11.9. The second kappa shape index (κ2) is 11.6. The highest BCUT2D eigenvalue weighted by molar-refractivity contribution is 5.99. The van der Waals surface area contributed by atoms with Crippen LogP contribution in [-0.4, -0.2) is 64.0 Å². The fourth-order valence-corrected chi connectivity index (χ4v) is 3.50. The monoisotopic (exact) mass is 511 g/mol. The summed E-state index contributed by atoms with van der Waals surface area (Å²) in [5.74, 6) is 0.463. The first-order chi connectivity index (χ1) is 17.5. The third kappa shape index (κ3) is 6.90. The van der Waals surface area contributed by atoms with Crippen LogP contribution in [0.4, 0.5) is 9.59 Å². The van der Waals surface area contributed by atoms with E-state index in [0.29, 0.717) is 34.1 Å². The molecular formula is C26H33N5O6. The van der Waals surface area contributed by atoms with E-state index in [-0.39, 0.29) is 11.7 Å². The van der Waals surface area contributed by atoms with Crippen molar-refractivity contribution < 1.29 is 28.7 Å². The normalized spacial score (nSPS) is 10.9. The van der Waals surface area contributed by atoms with Gasteiger partial charge in [0.05, 0.1) is 17.7 Å². The Bertz CT molecular complexity index is 1270. The molecule has 0 aliphatic carbocycles. The van der Waals surface area contributed by atoms with Crippen LogP contribution in [-0.2, 0) is 16.0 Å². The summed E-state index contributed by atoms with van der Waals surface area (Å²) in [6.45, 7) is 8.99. The van der Waals surface area contributed by atoms with Crippen molar-refractivity contribution in [2.75, 3.05) is 14.1 Å². The van der Waals surface area contributed by atoms with E-state index in [4.69, 9.17) is 14.3 Å². The largest absolute Gasteiger partial charge is 0.464 e. The molecule has 0 atom stereocenters. The number of nitrogens with one attached hydrogen (secondary N) is 1. The van der Waals surface area contributed by atoms with Gasteiger partial charge >= 0.3 is 12.2 Å². The standard InChI is InChI=1S/C26H33N5O6/c1-16(2)35-25(33)28-31(26(34)36-17(3)4)37-22-14-20(24(32)29(6)7)13-21-23(22)27-18(5)30(21)15-19-11-9-8-10-12-19/h8-14,16-17H,15H2,1-7H3,(H,28,33). The number of ether oxygens (including phenoxy) is 2. The molecule has 0 saturated carbocycles. The fraction of sp³-hybridized carbons (Fsp3) is 0.385. The third-order valence-corrected chi connectivity index (χ3v) is 5.07. The number of hydroxylamine groups is 1. The Kier molecular flexibility index (Phi) is 8.59. The van der Waals surface area contributed by atoms with Crippen molar-refractivity contribution in [3.05, 3.63) is 59.4 Å². The van der Waals surface area contributed by atoms with E-state index in [2.05, 4.69) is 10.4 Å². The number of aryl methyl sites for hydroxylation is 1. The minimum absolute atomic E-state index is 0.0724. The van der Waals surface area contributed by atoms with Gasteiger partial charge in [-0.05, 0) is 57.5 Å². The van der Waals surface area contributed by atoms with Gasteiger partial charge in [0.25, 0.3) is 5.91 Å². The second-order valence-electron chi connectivity index (χ2n) is 9.16. The van der Waals surface area contributed by atoms with Crippen LogP contribution in [0.1, 0.15) is 49.4 Å². The lowest BCUT2D eigenvalue weighted by Crippen LogP contribution is -2.49. The number of fused-ring (bicyclic) bond motifs is 1. The van der Waals surface area contributed by atoms with Gasteiger partial charge in [0, 0.05) is 26.2 Å². The second-order valence-corrected chi connectivity index (χ2v) is 9.16. The van der Waals surface area contributed by atoms with Gasteiger partial charge in [-0.1, -0.05) is 30.3 Å². The molecule has 11 nitrogen and oxygen atoms in total. The molecule has 0 spiro atoms. The van der Waals surface area contributed by atoms with Crippen molar-refractivity contribution in [1.29, 1.82) is 0 Å². The lowest BCUT2D eigenvalue weighted by atomic mass is 10.1. The molecule has 3 aromatic rings. The molecular weight excluding hydrogens is 478 g/mol. The van der Waals surface area contributed by atoms with E-state index in [9.17, 15) is 14.4 Å². The molecule has 2 aromatic carbocycles. The Morgan fingerprint density at radius 2 is 1.65 bits per heavy atom. The predicted molar refractivity (Wildman–Crippen MR) is 137 cm³/mol. The van der Waals surface area contributed by atoms with Crippen molar-refractivity contribution in [2.24, 2.45) is 0 Å². The molecule has 0 aliphatic heterocycles. The van der Waals surface area contributed by atoms with E-state index in [1.807, 2.05) is 41.8 Å². The maximum absolute atomic E-state index is 12.9. The summed E-state index contributed by atoms with van der Waals surface area (Å²) >= 11 is 0. The van der Waals surface area contributed by atoms with Gasteiger partial charge in [-0.15, -0.1) is 0 Å². The zero-order chi connectivity index (χ0) is 27.3.